The first kappa shape index (κ1) is 56.9. The summed E-state index contributed by atoms with van der Waals surface area (Å²) in [5, 5.41) is 129. The molecule has 0 amide bonds. The van der Waals surface area contributed by atoms with Crippen molar-refractivity contribution in [2.75, 3.05) is 0 Å². The average Bonchev–Trinajstić information content (AvgIpc) is 2.08. The second-order valence-electron chi connectivity index (χ2n) is 2.08. The standard InChI is InChI=1S/6BH3O3.2Ca.H2O.4H/c6*2-1(3)4;;;;;;;/h6*2-4H;;;1H2;;;;. The molecule has 0 aliphatic rings. The van der Waals surface area contributed by atoms with E-state index in [1.54, 1.807) is 0 Å². The van der Waals surface area contributed by atoms with Crippen molar-refractivity contribution in [2.45, 2.75) is 0 Å². The molecule has 0 fully saturated rings. The fraction of sp³-hybridized carbons (Fsp3) is 0. The van der Waals surface area contributed by atoms with Crippen LogP contribution in [0.3, 0.4) is 0 Å². The van der Waals surface area contributed by atoms with Crippen LogP contribution in [0, 0.1) is 0 Å². The van der Waals surface area contributed by atoms with E-state index >= 15 is 0 Å². The molecule has 0 aromatic carbocycles. The molecular formula is H24B6Ca2O19. The van der Waals surface area contributed by atoms with Gasteiger partial charge < -0.3 is 95.9 Å². The van der Waals surface area contributed by atoms with Gasteiger partial charge in [0.2, 0.25) is 0 Å². The van der Waals surface area contributed by atoms with Crippen LogP contribution in [-0.4, -0.2) is 215 Å². The van der Waals surface area contributed by atoms with Crippen molar-refractivity contribution in [3.05, 3.63) is 0 Å². The molecule has 27 heavy (non-hydrogen) atoms. The van der Waals surface area contributed by atoms with E-state index in [2.05, 4.69) is 0 Å². The normalized spacial score (nSPS) is 6.00. The second-order valence-corrected chi connectivity index (χ2v) is 2.08. The molecule has 0 aliphatic carbocycles. The molecule has 0 heterocycles. The number of hydrogen-bond acceptors (Lipinski definition) is 18. The first-order valence-electron chi connectivity index (χ1n) is 4.65. The summed E-state index contributed by atoms with van der Waals surface area (Å²) >= 11 is 0. The third-order valence-corrected chi connectivity index (χ3v) is 0. The summed E-state index contributed by atoms with van der Waals surface area (Å²) in [6, 6.07) is 0. The van der Waals surface area contributed by atoms with Gasteiger partial charge in [0.05, 0.1) is 0 Å². The van der Waals surface area contributed by atoms with Gasteiger partial charge in [-0.2, -0.15) is 0 Å². The van der Waals surface area contributed by atoms with Crippen LogP contribution in [0.1, 0.15) is 0 Å². The zero-order valence-electron chi connectivity index (χ0n) is 12.0. The summed E-state index contributed by atoms with van der Waals surface area (Å²) in [5.41, 5.74) is 0. The van der Waals surface area contributed by atoms with Gasteiger partial charge in [-0.05, 0) is 0 Å². The zero-order chi connectivity index (χ0) is 21.5. The maximum absolute atomic E-state index is 7.17. The molecule has 0 aromatic rings. The van der Waals surface area contributed by atoms with Crippen LogP contribution in [0.2, 0.25) is 0 Å². The Hall–Kier alpha value is 2.15. The number of hydrogen-bond donors (Lipinski definition) is 18. The van der Waals surface area contributed by atoms with Crippen molar-refractivity contribution in [1.82, 2.24) is 0 Å². The summed E-state index contributed by atoms with van der Waals surface area (Å²) in [7, 11) is -13.0. The van der Waals surface area contributed by atoms with Crippen LogP contribution in [0.15, 0.2) is 0 Å². The Balaban J connectivity index is -0.0000000201. The Bertz CT molecular complexity index is 105. The summed E-state index contributed by atoms with van der Waals surface area (Å²) in [4.78, 5) is 0. The second kappa shape index (κ2) is 51.1. The third kappa shape index (κ3) is 4170. The first-order valence-corrected chi connectivity index (χ1v) is 4.65. The first-order chi connectivity index (χ1) is 10.4. The quantitative estimate of drug-likeness (QED) is 0.145. The zero-order valence-corrected chi connectivity index (χ0v) is 12.0. The Labute approximate surface area is 213 Å². The molecule has 160 valence electrons. The molecule has 0 bridgehead atoms. The molecule has 0 atom stereocenters. The summed E-state index contributed by atoms with van der Waals surface area (Å²) < 4.78 is 0. The molecule has 0 saturated heterocycles. The molecule has 0 saturated carbocycles. The molecule has 0 spiro atoms. The molecule has 27 heteroatoms. The third-order valence-electron chi connectivity index (χ3n) is 0. The van der Waals surface area contributed by atoms with Crippen LogP contribution in [0.5, 0.6) is 0 Å². The van der Waals surface area contributed by atoms with Crippen LogP contribution < -0.4 is 0 Å². The van der Waals surface area contributed by atoms with Crippen molar-refractivity contribution in [3.8, 4) is 0 Å². The van der Waals surface area contributed by atoms with Crippen molar-refractivity contribution in [1.29, 1.82) is 0 Å². The van der Waals surface area contributed by atoms with Crippen LogP contribution in [-0.2, 0) is 0 Å². The van der Waals surface area contributed by atoms with Crippen LogP contribution in [0.25, 0.3) is 0 Å². The average molecular weight is 473 g/mol. The molecule has 0 aromatic heterocycles. The Kier molecular flexibility index (Phi) is 108. The molecule has 0 rings (SSSR count). The topological polar surface area (TPSA) is 396 Å². The van der Waals surface area contributed by atoms with E-state index in [-0.39, 0.29) is 81.0 Å². The maximum atomic E-state index is 7.17. The van der Waals surface area contributed by atoms with Gasteiger partial charge in [-0.3, -0.25) is 0 Å². The predicted molar refractivity (Wildman–Crippen MR) is 95.2 cm³/mol. The fourth-order valence-corrected chi connectivity index (χ4v) is 0. The van der Waals surface area contributed by atoms with Gasteiger partial charge in [0.25, 0.3) is 0 Å². The molecule has 0 unspecified atom stereocenters. The molecule has 19 nitrogen and oxygen atoms in total. The van der Waals surface area contributed by atoms with Gasteiger partial charge in [0.1, 0.15) is 0 Å². The van der Waals surface area contributed by atoms with Crippen LogP contribution >= 0.6 is 0 Å². The van der Waals surface area contributed by atoms with Gasteiger partial charge in [0.15, 0.2) is 0 Å². The van der Waals surface area contributed by atoms with Crippen molar-refractivity contribution in [3.63, 3.8) is 0 Å². The summed E-state index contributed by atoms with van der Waals surface area (Å²) in [6.07, 6.45) is 0. The van der Waals surface area contributed by atoms with Crippen molar-refractivity contribution < 1.29 is 95.9 Å². The Morgan fingerprint density at radius 1 is 0.222 bits per heavy atom. The van der Waals surface area contributed by atoms with E-state index < -0.39 is 43.9 Å². The molecule has 20 N–H and O–H groups in total. The van der Waals surface area contributed by atoms with E-state index in [1.807, 2.05) is 0 Å². The Morgan fingerprint density at radius 2 is 0.222 bits per heavy atom. The molecule has 0 radical (unpaired) electrons. The molecule has 0 aliphatic heterocycles. The van der Waals surface area contributed by atoms with Gasteiger partial charge in [0, 0.05) is 0 Å². The van der Waals surface area contributed by atoms with Gasteiger partial charge in [-0.1, -0.05) is 0 Å². The minimum absolute atomic E-state index is 0. The summed E-state index contributed by atoms with van der Waals surface area (Å²) in [5.74, 6) is 0. The van der Waals surface area contributed by atoms with Crippen molar-refractivity contribution >= 4 is 119 Å². The van der Waals surface area contributed by atoms with Gasteiger partial charge >= 0.3 is 119 Å². The van der Waals surface area contributed by atoms with E-state index in [4.69, 9.17) is 90.4 Å². The Morgan fingerprint density at radius 3 is 0.222 bits per heavy atom. The van der Waals surface area contributed by atoms with Crippen molar-refractivity contribution in [2.24, 2.45) is 0 Å². The molecular weight excluding hydrogens is 449 g/mol. The predicted octanol–water partition coefficient (Wildman–Crippen LogP) is -15.0. The van der Waals surface area contributed by atoms with E-state index in [1.165, 1.54) is 0 Å². The van der Waals surface area contributed by atoms with E-state index in [0.717, 1.165) is 0 Å². The van der Waals surface area contributed by atoms with E-state index in [9.17, 15) is 0 Å². The summed E-state index contributed by atoms with van der Waals surface area (Å²) in [6.45, 7) is 0. The van der Waals surface area contributed by atoms with Gasteiger partial charge in [-0.25, -0.2) is 0 Å². The van der Waals surface area contributed by atoms with Crippen LogP contribution in [0.4, 0.5) is 0 Å². The SMILES string of the molecule is O.OB(O)O.OB(O)O.OB(O)O.OB(O)O.OB(O)O.OB(O)O.[CaH2].[CaH2]. The van der Waals surface area contributed by atoms with E-state index in [0.29, 0.717) is 0 Å². The van der Waals surface area contributed by atoms with Gasteiger partial charge in [-0.15, -0.1) is 0 Å². The monoisotopic (exact) mass is 474 g/mol. The fourth-order valence-electron chi connectivity index (χ4n) is 0. The minimum atomic E-state index is -2.17. The number of rotatable bonds is 0.